The van der Waals surface area contributed by atoms with Gasteiger partial charge in [-0.3, -0.25) is 4.79 Å². The summed E-state index contributed by atoms with van der Waals surface area (Å²) in [7, 11) is 0. The fraction of sp³-hybridized carbons (Fsp3) is 0.667. The second-order valence-electron chi connectivity index (χ2n) is 2.80. The van der Waals surface area contributed by atoms with Gasteiger partial charge in [0.2, 0.25) is 5.91 Å². The first kappa shape index (κ1) is 11.2. The summed E-state index contributed by atoms with van der Waals surface area (Å²) in [5.41, 5.74) is 5.39. The van der Waals surface area contributed by atoms with Crippen molar-refractivity contribution < 1.29 is 4.79 Å². The Kier molecular flexibility index (Phi) is 5.37. The zero-order chi connectivity index (χ0) is 9.56. The van der Waals surface area contributed by atoms with E-state index in [0.717, 1.165) is 6.54 Å². The van der Waals surface area contributed by atoms with E-state index >= 15 is 0 Å². The summed E-state index contributed by atoms with van der Waals surface area (Å²) in [6.45, 7) is 9.12. The van der Waals surface area contributed by atoms with Crippen molar-refractivity contribution >= 4 is 5.91 Å². The van der Waals surface area contributed by atoms with Crippen LogP contribution in [0.2, 0.25) is 0 Å². The summed E-state index contributed by atoms with van der Waals surface area (Å²) >= 11 is 0. The molecule has 2 N–H and O–H groups in total. The Bertz CT molecular complexity index is 157. The highest BCUT2D eigenvalue weighted by Gasteiger charge is 2.16. The average Bonchev–Trinajstić information content (AvgIpc) is 2.11. The van der Waals surface area contributed by atoms with E-state index < -0.39 is 0 Å². The van der Waals surface area contributed by atoms with Crippen molar-refractivity contribution in [3.8, 4) is 0 Å². The standard InChI is InChI=1S/C9H18N2O/c1-4-6-11(5-2)9(12)8(3)7-10/h4,8H,1,5-7,10H2,2-3H3. The summed E-state index contributed by atoms with van der Waals surface area (Å²) in [5.74, 6) is 0.0322. The predicted molar refractivity (Wildman–Crippen MR) is 50.7 cm³/mol. The molecule has 0 bridgehead atoms. The first-order valence-corrected chi connectivity index (χ1v) is 4.27. The number of hydrogen-bond donors (Lipinski definition) is 1. The molecule has 0 aliphatic heterocycles. The van der Waals surface area contributed by atoms with E-state index in [2.05, 4.69) is 6.58 Å². The van der Waals surface area contributed by atoms with Crippen LogP contribution < -0.4 is 5.73 Å². The molecule has 0 aromatic carbocycles. The molecule has 3 nitrogen and oxygen atoms in total. The molecule has 1 amide bonds. The van der Waals surface area contributed by atoms with Crippen LogP contribution >= 0.6 is 0 Å². The first-order valence-electron chi connectivity index (χ1n) is 4.27. The van der Waals surface area contributed by atoms with Crippen LogP contribution in [0.3, 0.4) is 0 Å². The van der Waals surface area contributed by atoms with E-state index in [9.17, 15) is 4.79 Å². The lowest BCUT2D eigenvalue weighted by atomic mass is 10.1. The number of rotatable bonds is 5. The Labute approximate surface area is 74.2 Å². The second kappa shape index (κ2) is 5.77. The summed E-state index contributed by atoms with van der Waals surface area (Å²) < 4.78 is 0. The quantitative estimate of drug-likeness (QED) is 0.615. The molecule has 0 heterocycles. The van der Waals surface area contributed by atoms with Crippen LogP contribution in [0.15, 0.2) is 12.7 Å². The van der Waals surface area contributed by atoms with E-state index in [1.165, 1.54) is 0 Å². The average molecular weight is 170 g/mol. The minimum Gasteiger partial charge on any atom is -0.339 e. The third-order valence-corrected chi connectivity index (χ3v) is 1.82. The van der Waals surface area contributed by atoms with Crippen molar-refractivity contribution in [3.63, 3.8) is 0 Å². The van der Waals surface area contributed by atoms with Gasteiger partial charge in [-0.25, -0.2) is 0 Å². The summed E-state index contributed by atoms with van der Waals surface area (Å²) in [5, 5.41) is 0. The summed E-state index contributed by atoms with van der Waals surface area (Å²) in [6.07, 6.45) is 1.73. The van der Waals surface area contributed by atoms with E-state index in [-0.39, 0.29) is 11.8 Å². The van der Waals surface area contributed by atoms with Gasteiger partial charge < -0.3 is 10.6 Å². The van der Waals surface area contributed by atoms with Crippen molar-refractivity contribution in [1.29, 1.82) is 0 Å². The van der Waals surface area contributed by atoms with Crippen molar-refractivity contribution in [2.45, 2.75) is 13.8 Å². The number of likely N-dealkylation sites (N-methyl/N-ethyl adjacent to an activating group) is 1. The molecule has 0 saturated heterocycles. The first-order chi connectivity index (χ1) is 5.67. The maximum absolute atomic E-state index is 11.5. The number of carbonyl (C=O) groups excluding carboxylic acids is 1. The molecule has 0 aliphatic rings. The molecule has 0 spiro atoms. The van der Waals surface area contributed by atoms with Crippen LogP contribution in [0.5, 0.6) is 0 Å². The van der Waals surface area contributed by atoms with Gasteiger partial charge in [0, 0.05) is 25.6 Å². The van der Waals surface area contributed by atoms with E-state index in [1.54, 1.807) is 11.0 Å². The van der Waals surface area contributed by atoms with Crippen molar-refractivity contribution in [3.05, 3.63) is 12.7 Å². The van der Waals surface area contributed by atoms with Gasteiger partial charge in [0.15, 0.2) is 0 Å². The molecule has 1 unspecified atom stereocenters. The molecule has 0 saturated carbocycles. The number of carbonyl (C=O) groups is 1. The minimum atomic E-state index is -0.0788. The monoisotopic (exact) mass is 170 g/mol. The van der Waals surface area contributed by atoms with Crippen molar-refractivity contribution in [1.82, 2.24) is 4.90 Å². The third kappa shape index (κ3) is 3.05. The zero-order valence-electron chi connectivity index (χ0n) is 7.92. The SMILES string of the molecule is C=CCN(CC)C(=O)C(C)CN. The molecule has 70 valence electrons. The Morgan fingerprint density at radius 2 is 2.33 bits per heavy atom. The van der Waals surface area contributed by atoms with E-state index in [4.69, 9.17) is 5.73 Å². The van der Waals surface area contributed by atoms with Gasteiger partial charge in [0.1, 0.15) is 0 Å². The summed E-state index contributed by atoms with van der Waals surface area (Å²) in [4.78, 5) is 13.2. The highest BCUT2D eigenvalue weighted by atomic mass is 16.2. The molecule has 0 rings (SSSR count). The van der Waals surface area contributed by atoms with Gasteiger partial charge >= 0.3 is 0 Å². The molecular weight excluding hydrogens is 152 g/mol. The Morgan fingerprint density at radius 3 is 2.67 bits per heavy atom. The smallest absolute Gasteiger partial charge is 0.226 e. The molecule has 3 heteroatoms. The normalized spacial score (nSPS) is 12.2. The lowest BCUT2D eigenvalue weighted by Gasteiger charge is -2.22. The zero-order valence-corrected chi connectivity index (χ0v) is 7.92. The molecule has 0 aliphatic carbocycles. The predicted octanol–water partition coefficient (Wildman–Crippen LogP) is 0.616. The number of amides is 1. The fourth-order valence-electron chi connectivity index (χ4n) is 0.943. The maximum atomic E-state index is 11.5. The van der Waals surface area contributed by atoms with Gasteiger partial charge in [0.05, 0.1) is 0 Å². The van der Waals surface area contributed by atoms with Crippen LogP contribution in [0.1, 0.15) is 13.8 Å². The Hall–Kier alpha value is -0.830. The largest absolute Gasteiger partial charge is 0.339 e. The van der Waals surface area contributed by atoms with E-state index in [1.807, 2.05) is 13.8 Å². The van der Waals surface area contributed by atoms with Gasteiger partial charge in [0.25, 0.3) is 0 Å². The molecule has 0 radical (unpaired) electrons. The molecular formula is C9H18N2O. The Balaban J connectivity index is 4.10. The highest BCUT2D eigenvalue weighted by Crippen LogP contribution is 2.00. The highest BCUT2D eigenvalue weighted by molar-refractivity contribution is 5.78. The number of nitrogens with zero attached hydrogens (tertiary/aromatic N) is 1. The number of hydrogen-bond acceptors (Lipinski definition) is 2. The van der Waals surface area contributed by atoms with Crippen LogP contribution in [0, 0.1) is 5.92 Å². The number of nitrogens with two attached hydrogens (primary N) is 1. The molecule has 0 fully saturated rings. The van der Waals surface area contributed by atoms with Gasteiger partial charge in [-0.2, -0.15) is 0 Å². The lowest BCUT2D eigenvalue weighted by molar-refractivity contribution is -0.133. The van der Waals surface area contributed by atoms with Crippen molar-refractivity contribution in [2.24, 2.45) is 11.7 Å². The molecule has 1 atom stereocenters. The van der Waals surface area contributed by atoms with Crippen LogP contribution in [-0.4, -0.2) is 30.4 Å². The van der Waals surface area contributed by atoms with Gasteiger partial charge in [-0.15, -0.1) is 6.58 Å². The Morgan fingerprint density at radius 1 is 1.75 bits per heavy atom. The van der Waals surface area contributed by atoms with Crippen LogP contribution in [0.25, 0.3) is 0 Å². The van der Waals surface area contributed by atoms with Crippen LogP contribution in [-0.2, 0) is 4.79 Å². The van der Waals surface area contributed by atoms with Gasteiger partial charge in [-0.1, -0.05) is 13.0 Å². The van der Waals surface area contributed by atoms with Crippen molar-refractivity contribution in [2.75, 3.05) is 19.6 Å². The fourth-order valence-corrected chi connectivity index (χ4v) is 0.943. The van der Waals surface area contributed by atoms with E-state index in [0.29, 0.717) is 13.1 Å². The lowest BCUT2D eigenvalue weighted by Crippen LogP contribution is -2.37. The molecule has 12 heavy (non-hydrogen) atoms. The van der Waals surface area contributed by atoms with Gasteiger partial charge in [-0.05, 0) is 6.92 Å². The third-order valence-electron chi connectivity index (χ3n) is 1.82. The molecule has 0 aromatic heterocycles. The molecule has 0 aromatic rings. The van der Waals surface area contributed by atoms with Crippen LogP contribution in [0.4, 0.5) is 0 Å². The minimum absolute atomic E-state index is 0.0788. The second-order valence-corrected chi connectivity index (χ2v) is 2.80. The maximum Gasteiger partial charge on any atom is 0.226 e. The summed E-state index contributed by atoms with van der Waals surface area (Å²) in [6, 6.07) is 0. The topological polar surface area (TPSA) is 46.3 Å².